The van der Waals surface area contributed by atoms with Gasteiger partial charge in [0.05, 0.1) is 19.3 Å². The molecule has 212 valence electrons. The maximum Gasteiger partial charge on any atom is 0.283 e. The predicted molar refractivity (Wildman–Crippen MR) is 142 cm³/mol. The molecule has 39 heavy (non-hydrogen) atoms. The molecule has 2 aliphatic rings. The molecule has 3 atom stereocenters. The van der Waals surface area contributed by atoms with Crippen LogP contribution in [0.5, 0.6) is 0 Å². The Labute approximate surface area is 225 Å². The van der Waals surface area contributed by atoms with Crippen molar-refractivity contribution in [2.24, 2.45) is 0 Å². The van der Waals surface area contributed by atoms with Gasteiger partial charge in [-0.15, -0.1) is 0 Å². The summed E-state index contributed by atoms with van der Waals surface area (Å²) in [6.07, 6.45) is 1.63. The lowest BCUT2D eigenvalue weighted by molar-refractivity contribution is -0.0869. The number of hydrogen-bond acceptors (Lipinski definition) is 4. The van der Waals surface area contributed by atoms with Gasteiger partial charge in [-0.05, 0) is 62.4 Å². The highest BCUT2D eigenvalue weighted by Crippen LogP contribution is 2.44. The number of likely N-dealkylation sites (tertiary alicyclic amines) is 1. The number of anilines is 1. The molecule has 1 saturated heterocycles. The van der Waals surface area contributed by atoms with E-state index in [1.807, 2.05) is 25.1 Å². The number of rotatable bonds is 9. The van der Waals surface area contributed by atoms with Crippen LogP contribution in [0.3, 0.4) is 0 Å². The standard InChI is InChI=1S/C29H35F5N4O/c1-17-4-5-21-22-11-18(2)38(15-29(33,34)16-39)28(27(22)36-25(21)10-17)26-23(31)12-20(13-24(26)32)35-19-6-9-37(14-19)8-3-7-30/h4-5,10,12-13,18-19,28,35-36,39H,3,6-9,11,14-16H2,1-2H3/t18-,19?,28-/m1/s1. The lowest BCUT2D eigenvalue weighted by Crippen LogP contribution is -2.49. The third-order valence-electron chi connectivity index (χ3n) is 8.01. The van der Waals surface area contributed by atoms with Crippen LogP contribution in [0.1, 0.15) is 48.2 Å². The first-order valence-corrected chi connectivity index (χ1v) is 13.5. The SMILES string of the molecule is Cc1ccc2c3c([nH]c2c1)[C@@H](c1c(F)cc(NC2CCN(CCCF)C2)cc1F)N(CC(F)(F)CO)[C@H](C)C3. The number of aliphatic hydroxyl groups excluding tert-OH is 1. The Kier molecular flexibility index (Phi) is 7.90. The first-order chi connectivity index (χ1) is 18.6. The summed E-state index contributed by atoms with van der Waals surface area (Å²) in [6, 6.07) is 6.63. The third-order valence-corrected chi connectivity index (χ3v) is 8.01. The second kappa shape index (κ2) is 11.1. The van der Waals surface area contributed by atoms with E-state index >= 15 is 8.78 Å². The summed E-state index contributed by atoms with van der Waals surface area (Å²) in [7, 11) is 0. The molecule has 0 radical (unpaired) electrons. The van der Waals surface area contributed by atoms with Crippen LogP contribution < -0.4 is 5.32 Å². The van der Waals surface area contributed by atoms with Crippen LogP contribution in [-0.4, -0.2) is 77.4 Å². The molecule has 0 amide bonds. The van der Waals surface area contributed by atoms with Crippen molar-refractivity contribution in [2.45, 2.75) is 57.2 Å². The molecule has 5 rings (SSSR count). The van der Waals surface area contributed by atoms with Gasteiger partial charge in [0.15, 0.2) is 0 Å². The van der Waals surface area contributed by atoms with E-state index in [0.29, 0.717) is 31.6 Å². The monoisotopic (exact) mass is 550 g/mol. The number of aromatic nitrogens is 1. The Morgan fingerprint density at radius 3 is 2.59 bits per heavy atom. The molecule has 3 aromatic rings. The second-order valence-electron chi connectivity index (χ2n) is 11.0. The maximum absolute atomic E-state index is 15.8. The zero-order valence-electron chi connectivity index (χ0n) is 22.2. The van der Waals surface area contributed by atoms with Crippen molar-refractivity contribution >= 4 is 16.6 Å². The van der Waals surface area contributed by atoms with E-state index < -0.39 is 42.8 Å². The number of nitrogens with one attached hydrogen (secondary N) is 2. The predicted octanol–water partition coefficient (Wildman–Crippen LogP) is 5.56. The zero-order chi connectivity index (χ0) is 27.9. The molecule has 0 saturated carbocycles. The van der Waals surface area contributed by atoms with Gasteiger partial charge in [-0.1, -0.05) is 12.1 Å². The highest BCUT2D eigenvalue weighted by molar-refractivity contribution is 5.86. The fourth-order valence-electron chi connectivity index (χ4n) is 6.15. The van der Waals surface area contributed by atoms with E-state index in [9.17, 15) is 18.3 Å². The summed E-state index contributed by atoms with van der Waals surface area (Å²) in [5.41, 5.74) is 3.09. The van der Waals surface area contributed by atoms with Gasteiger partial charge in [-0.25, -0.2) is 17.6 Å². The summed E-state index contributed by atoms with van der Waals surface area (Å²) in [6.45, 7) is 3.16. The number of alkyl halides is 3. The van der Waals surface area contributed by atoms with Crippen molar-refractivity contribution in [3.63, 3.8) is 0 Å². The molecule has 2 aromatic carbocycles. The van der Waals surface area contributed by atoms with Gasteiger partial charge in [0, 0.05) is 59.6 Å². The zero-order valence-corrected chi connectivity index (χ0v) is 22.2. The fraction of sp³-hybridized carbons (Fsp3) is 0.517. The van der Waals surface area contributed by atoms with Crippen molar-refractivity contribution < 1.29 is 27.1 Å². The van der Waals surface area contributed by atoms with Crippen molar-refractivity contribution in [1.82, 2.24) is 14.8 Å². The van der Waals surface area contributed by atoms with Crippen LogP contribution in [0.4, 0.5) is 27.6 Å². The first kappa shape index (κ1) is 27.9. The molecule has 1 aromatic heterocycles. The number of hydrogen-bond donors (Lipinski definition) is 3. The van der Waals surface area contributed by atoms with Crippen molar-refractivity contribution in [3.05, 3.63) is 64.4 Å². The van der Waals surface area contributed by atoms with Crippen LogP contribution in [0.2, 0.25) is 0 Å². The average Bonchev–Trinajstić information content (AvgIpc) is 3.47. The van der Waals surface area contributed by atoms with E-state index in [-0.39, 0.29) is 24.0 Å². The largest absolute Gasteiger partial charge is 0.390 e. The van der Waals surface area contributed by atoms with Crippen LogP contribution in [-0.2, 0) is 6.42 Å². The topological polar surface area (TPSA) is 54.5 Å². The first-order valence-electron chi connectivity index (χ1n) is 13.5. The number of H-pyrrole nitrogens is 1. The molecule has 1 unspecified atom stereocenters. The molecule has 0 spiro atoms. The van der Waals surface area contributed by atoms with Gasteiger partial charge in [-0.2, -0.15) is 0 Å². The molecule has 1 fully saturated rings. The molecule has 5 nitrogen and oxygen atoms in total. The minimum atomic E-state index is -3.45. The van der Waals surface area contributed by atoms with E-state index in [1.54, 1.807) is 6.92 Å². The Morgan fingerprint density at radius 1 is 1.15 bits per heavy atom. The molecule has 10 heteroatoms. The van der Waals surface area contributed by atoms with Crippen LogP contribution in [0, 0.1) is 18.6 Å². The lowest BCUT2D eigenvalue weighted by atomic mass is 9.87. The smallest absolute Gasteiger partial charge is 0.283 e. The molecule has 0 bridgehead atoms. The Bertz CT molecular complexity index is 1310. The minimum Gasteiger partial charge on any atom is -0.390 e. The summed E-state index contributed by atoms with van der Waals surface area (Å²) in [4.78, 5) is 6.77. The summed E-state index contributed by atoms with van der Waals surface area (Å²) in [5.74, 6) is -5.11. The lowest BCUT2D eigenvalue weighted by Gasteiger charge is -2.42. The molecule has 0 aliphatic carbocycles. The number of halogens is 5. The quantitative estimate of drug-likeness (QED) is 0.305. The minimum absolute atomic E-state index is 0.0349. The van der Waals surface area contributed by atoms with Crippen LogP contribution >= 0.6 is 0 Å². The highest BCUT2D eigenvalue weighted by Gasteiger charge is 2.43. The average molecular weight is 551 g/mol. The van der Waals surface area contributed by atoms with Crippen molar-refractivity contribution in [1.29, 1.82) is 0 Å². The van der Waals surface area contributed by atoms with Crippen LogP contribution in [0.25, 0.3) is 10.9 Å². The highest BCUT2D eigenvalue weighted by atomic mass is 19.3. The van der Waals surface area contributed by atoms with Gasteiger partial charge >= 0.3 is 0 Å². The third kappa shape index (κ3) is 5.64. The van der Waals surface area contributed by atoms with Gasteiger partial charge < -0.3 is 20.3 Å². The normalized spacial score (nSPS) is 22.5. The van der Waals surface area contributed by atoms with E-state index in [0.717, 1.165) is 35.0 Å². The number of benzene rings is 2. The van der Waals surface area contributed by atoms with E-state index in [1.165, 1.54) is 17.0 Å². The van der Waals surface area contributed by atoms with Gasteiger partial charge in [-0.3, -0.25) is 9.29 Å². The Morgan fingerprint density at radius 2 is 1.90 bits per heavy atom. The van der Waals surface area contributed by atoms with Gasteiger partial charge in [0.25, 0.3) is 5.92 Å². The number of aromatic amines is 1. The van der Waals surface area contributed by atoms with Crippen molar-refractivity contribution in [3.8, 4) is 0 Å². The molecular weight excluding hydrogens is 515 g/mol. The number of aliphatic hydroxyl groups is 1. The van der Waals surface area contributed by atoms with E-state index in [2.05, 4.69) is 15.2 Å². The maximum atomic E-state index is 15.8. The molecule has 3 N–H and O–H groups in total. The number of fused-ring (bicyclic) bond motifs is 3. The molecule has 3 heterocycles. The Balaban J connectivity index is 1.52. The molecule has 2 aliphatic heterocycles. The molecular formula is C29H35F5N4O. The summed E-state index contributed by atoms with van der Waals surface area (Å²) in [5, 5.41) is 13.4. The van der Waals surface area contributed by atoms with Crippen LogP contribution in [0.15, 0.2) is 30.3 Å². The van der Waals surface area contributed by atoms with E-state index in [4.69, 9.17) is 0 Å². The van der Waals surface area contributed by atoms with Gasteiger partial charge in [0.1, 0.15) is 18.2 Å². The summed E-state index contributed by atoms with van der Waals surface area (Å²) >= 11 is 0. The van der Waals surface area contributed by atoms with Crippen molar-refractivity contribution in [2.75, 3.05) is 44.8 Å². The Hall–Kier alpha value is -2.69. The fourth-order valence-corrected chi connectivity index (χ4v) is 6.15. The van der Waals surface area contributed by atoms with Gasteiger partial charge in [0.2, 0.25) is 0 Å². The second-order valence-corrected chi connectivity index (χ2v) is 11.0. The summed E-state index contributed by atoms with van der Waals surface area (Å²) < 4.78 is 73.2. The number of aryl methyl sites for hydroxylation is 1. The number of nitrogens with zero attached hydrogens (tertiary/aromatic N) is 2.